The van der Waals surface area contributed by atoms with Crippen LogP contribution in [0.25, 0.3) is 0 Å². The zero-order chi connectivity index (χ0) is 19.5. The van der Waals surface area contributed by atoms with Crippen molar-refractivity contribution >= 4 is 40.6 Å². The summed E-state index contributed by atoms with van der Waals surface area (Å²) in [6, 6.07) is 16.1. The van der Waals surface area contributed by atoms with Crippen molar-refractivity contribution in [3.63, 3.8) is 0 Å². The van der Waals surface area contributed by atoms with Crippen molar-refractivity contribution in [3.05, 3.63) is 64.1 Å². The molecular weight excluding hydrogens is 395 g/mol. The number of hydrogen-bond acceptors (Lipinski definition) is 4. The predicted octanol–water partition coefficient (Wildman–Crippen LogP) is 4.47. The van der Waals surface area contributed by atoms with E-state index in [-0.39, 0.29) is 5.91 Å². The van der Waals surface area contributed by atoms with Crippen molar-refractivity contribution < 1.29 is 4.79 Å². The first-order valence-corrected chi connectivity index (χ1v) is 10.2. The summed E-state index contributed by atoms with van der Waals surface area (Å²) in [5.74, 6) is 0.670. The molecule has 0 bridgehead atoms. The lowest BCUT2D eigenvalue weighted by atomic mass is 10.0. The number of halogens is 2. The van der Waals surface area contributed by atoms with Crippen LogP contribution in [0.1, 0.15) is 30.9 Å². The minimum Gasteiger partial charge on any atom is -0.312 e. The molecule has 2 heterocycles. The molecule has 2 aliphatic heterocycles. The second kappa shape index (κ2) is 8.52. The van der Waals surface area contributed by atoms with E-state index in [1.807, 2.05) is 17.1 Å². The van der Waals surface area contributed by atoms with E-state index in [0.717, 1.165) is 25.1 Å². The molecule has 1 N–H and O–H groups in total. The number of likely N-dealkylation sites (tertiary alicyclic amines) is 1. The maximum absolute atomic E-state index is 12.6. The summed E-state index contributed by atoms with van der Waals surface area (Å²) >= 11 is 12.1. The van der Waals surface area contributed by atoms with E-state index in [1.165, 1.54) is 5.56 Å². The van der Waals surface area contributed by atoms with Gasteiger partial charge in [-0.3, -0.25) is 14.7 Å². The molecule has 0 saturated carbocycles. The SMILES string of the molecule is O=C(CN1CCCC1c1ccccc1)NC1=NN(c2ccc(Cl)c(Cl)c2)CC1. The number of carbonyl (C=O) groups excluding carboxylic acids is 1. The van der Waals surface area contributed by atoms with E-state index in [4.69, 9.17) is 23.2 Å². The Morgan fingerprint density at radius 2 is 1.93 bits per heavy atom. The van der Waals surface area contributed by atoms with E-state index < -0.39 is 0 Å². The van der Waals surface area contributed by atoms with Crippen LogP contribution >= 0.6 is 23.2 Å². The second-order valence-electron chi connectivity index (χ2n) is 7.11. The van der Waals surface area contributed by atoms with Gasteiger partial charge in [0, 0.05) is 19.0 Å². The summed E-state index contributed by atoms with van der Waals surface area (Å²) in [7, 11) is 0. The Morgan fingerprint density at radius 3 is 2.71 bits per heavy atom. The molecule has 146 valence electrons. The fourth-order valence-corrected chi connectivity index (χ4v) is 4.12. The van der Waals surface area contributed by atoms with Crippen LogP contribution in [0.4, 0.5) is 5.69 Å². The monoisotopic (exact) mass is 416 g/mol. The van der Waals surface area contributed by atoms with Crippen LogP contribution in [0.2, 0.25) is 10.0 Å². The van der Waals surface area contributed by atoms with Crippen molar-refractivity contribution in [1.29, 1.82) is 0 Å². The van der Waals surface area contributed by atoms with Crippen LogP contribution in [-0.2, 0) is 4.79 Å². The molecule has 7 heteroatoms. The number of hydrogen-bond donors (Lipinski definition) is 1. The minimum atomic E-state index is -0.0161. The third-order valence-corrected chi connectivity index (χ3v) is 5.92. The van der Waals surface area contributed by atoms with Gasteiger partial charge in [0.1, 0.15) is 5.84 Å². The van der Waals surface area contributed by atoms with E-state index >= 15 is 0 Å². The molecule has 28 heavy (non-hydrogen) atoms. The van der Waals surface area contributed by atoms with Gasteiger partial charge in [-0.05, 0) is 43.1 Å². The van der Waals surface area contributed by atoms with Crippen molar-refractivity contribution in [2.75, 3.05) is 24.6 Å². The summed E-state index contributed by atoms with van der Waals surface area (Å²) in [5.41, 5.74) is 2.14. The molecule has 1 fully saturated rings. The molecule has 1 atom stereocenters. The Balaban J connectivity index is 1.36. The molecule has 2 aliphatic rings. The van der Waals surface area contributed by atoms with Crippen molar-refractivity contribution in [2.24, 2.45) is 5.10 Å². The number of hydrazone groups is 1. The number of amidine groups is 1. The van der Waals surface area contributed by atoms with Gasteiger partial charge in [0.2, 0.25) is 5.91 Å². The lowest BCUT2D eigenvalue weighted by molar-refractivity contribution is -0.121. The van der Waals surface area contributed by atoms with Gasteiger partial charge in [0.05, 0.1) is 22.3 Å². The molecule has 1 unspecified atom stereocenters. The van der Waals surface area contributed by atoms with Gasteiger partial charge < -0.3 is 5.32 Å². The summed E-state index contributed by atoms with van der Waals surface area (Å²) in [6.07, 6.45) is 2.89. The van der Waals surface area contributed by atoms with Gasteiger partial charge >= 0.3 is 0 Å². The average Bonchev–Trinajstić information content (AvgIpc) is 3.34. The van der Waals surface area contributed by atoms with Crippen molar-refractivity contribution in [2.45, 2.75) is 25.3 Å². The molecule has 5 nitrogen and oxygen atoms in total. The number of rotatable bonds is 4. The number of anilines is 1. The summed E-state index contributed by atoms with van der Waals surface area (Å²) in [5, 5.41) is 10.3. The molecule has 0 aliphatic carbocycles. The third kappa shape index (κ3) is 4.32. The Hall–Kier alpha value is -2.08. The molecule has 1 saturated heterocycles. The largest absolute Gasteiger partial charge is 0.312 e. The number of nitrogens with one attached hydrogen (secondary N) is 1. The maximum Gasteiger partial charge on any atom is 0.239 e. The van der Waals surface area contributed by atoms with Gasteiger partial charge in [-0.15, -0.1) is 0 Å². The number of carbonyl (C=O) groups is 1. The fourth-order valence-electron chi connectivity index (χ4n) is 3.83. The van der Waals surface area contributed by atoms with E-state index in [1.54, 1.807) is 12.1 Å². The zero-order valence-corrected chi connectivity index (χ0v) is 17.0. The van der Waals surface area contributed by atoms with Gasteiger partial charge in [0.15, 0.2) is 0 Å². The second-order valence-corrected chi connectivity index (χ2v) is 7.92. The van der Waals surface area contributed by atoms with Crippen LogP contribution in [0.15, 0.2) is 53.6 Å². The van der Waals surface area contributed by atoms with Crippen LogP contribution in [0, 0.1) is 0 Å². The molecule has 1 amide bonds. The van der Waals surface area contributed by atoms with Gasteiger partial charge in [-0.2, -0.15) is 5.10 Å². The first kappa shape index (κ1) is 19.2. The number of nitrogens with zero attached hydrogens (tertiary/aromatic N) is 3. The number of benzene rings is 2. The maximum atomic E-state index is 12.6. The van der Waals surface area contributed by atoms with Crippen molar-refractivity contribution in [3.8, 4) is 0 Å². The van der Waals surface area contributed by atoms with Gasteiger partial charge in [-0.1, -0.05) is 53.5 Å². The van der Waals surface area contributed by atoms with Crippen LogP contribution < -0.4 is 10.3 Å². The highest BCUT2D eigenvalue weighted by Crippen LogP contribution is 2.31. The zero-order valence-electron chi connectivity index (χ0n) is 15.4. The molecule has 2 aromatic rings. The standard InChI is InChI=1S/C21H22Cl2N4O/c22-17-9-8-16(13-18(17)23)27-12-10-20(25-27)24-21(28)14-26-11-4-7-19(26)15-5-2-1-3-6-15/h1-3,5-6,8-9,13,19H,4,7,10-12,14H2,(H,24,25,28). The molecule has 0 radical (unpaired) electrons. The number of amides is 1. The van der Waals surface area contributed by atoms with E-state index in [0.29, 0.717) is 41.4 Å². The fraction of sp³-hybridized carbons (Fsp3) is 0.333. The Morgan fingerprint density at radius 1 is 1.11 bits per heavy atom. The first-order valence-electron chi connectivity index (χ1n) is 9.49. The smallest absolute Gasteiger partial charge is 0.239 e. The molecule has 2 aromatic carbocycles. The minimum absolute atomic E-state index is 0.0161. The molecule has 0 aromatic heterocycles. The summed E-state index contributed by atoms with van der Waals surface area (Å²) < 4.78 is 0. The Labute approximate surface area is 174 Å². The predicted molar refractivity (Wildman–Crippen MR) is 114 cm³/mol. The highest BCUT2D eigenvalue weighted by molar-refractivity contribution is 6.42. The Kier molecular flexibility index (Phi) is 5.85. The molecule has 4 rings (SSSR count). The molecular formula is C21H22Cl2N4O. The van der Waals surface area contributed by atoms with Gasteiger partial charge in [-0.25, -0.2) is 0 Å². The first-order chi connectivity index (χ1) is 13.6. The molecule has 0 spiro atoms. The topological polar surface area (TPSA) is 47.9 Å². The average molecular weight is 417 g/mol. The highest BCUT2D eigenvalue weighted by Gasteiger charge is 2.28. The normalized spacial score (nSPS) is 19.7. The lowest BCUT2D eigenvalue weighted by Gasteiger charge is -2.24. The Bertz CT molecular complexity index is 887. The van der Waals surface area contributed by atoms with Crippen molar-refractivity contribution in [1.82, 2.24) is 10.2 Å². The highest BCUT2D eigenvalue weighted by atomic mass is 35.5. The quantitative estimate of drug-likeness (QED) is 0.799. The third-order valence-electron chi connectivity index (χ3n) is 5.18. The van der Waals surface area contributed by atoms with Gasteiger partial charge in [0.25, 0.3) is 0 Å². The van der Waals surface area contributed by atoms with Crippen LogP contribution in [-0.4, -0.2) is 36.3 Å². The van der Waals surface area contributed by atoms with E-state index in [2.05, 4.69) is 39.6 Å². The van der Waals surface area contributed by atoms with Crippen LogP contribution in [0.5, 0.6) is 0 Å². The summed E-state index contributed by atoms with van der Waals surface area (Å²) in [6.45, 7) is 2.02. The lowest BCUT2D eigenvalue weighted by Crippen LogP contribution is -2.39. The van der Waals surface area contributed by atoms with Crippen LogP contribution in [0.3, 0.4) is 0 Å². The van der Waals surface area contributed by atoms with E-state index in [9.17, 15) is 4.79 Å². The summed E-state index contributed by atoms with van der Waals surface area (Å²) in [4.78, 5) is 14.8.